The second kappa shape index (κ2) is 7.55. The van der Waals surface area contributed by atoms with Gasteiger partial charge in [-0.3, -0.25) is 9.59 Å². The van der Waals surface area contributed by atoms with Gasteiger partial charge in [-0.05, 0) is 43.2 Å². The van der Waals surface area contributed by atoms with Crippen LogP contribution in [0.2, 0.25) is 0 Å². The number of aryl methyl sites for hydroxylation is 1. The van der Waals surface area contributed by atoms with Crippen LogP contribution in [0, 0.1) is 0 Å². The number of hydrogen-bond acceptors (Lipinski definition) is 3. The molecule has 0 aliphatic rings. The molecular formula is C19H20O3. The van der Waals surface area contributed by atoms with Gasteiger partial charge in [0, 0.05) is 11.1 Å². The van der Waals surface area contributed by atoms with E-state index in [1.54, 1.807) is 24.3 Å². The van der Waals surface area contributed by atoms with Crippen LogP contribution in [0.25, 0.3) is 0 Å². The molecule has 0 N–H and O–H groups in total. The summed E-state index contributed by atoms with van der Waals surface area (Å²) in [6.45, 7) is 3.64. The van der Waals surface area contributed by atoms with Crippen molar-refractivity contribution in [2.75, 3.05) is 6.61 Å². The summed E-state index contributed by atoms with van der Waals surface area (Å²) in [5.74, 6) is 0.537. The van der Waals surface area contributed by atoms with Crippen LogP contribution in [0.5, 0.6) is 5.75 Å². The van der Waals surface area contributed by atoms with Gasteiger partial charge in [0.2, 0.25) is 0 Å². The number of ether oxygens (including phenoxy) is 1. The van der Waals surface area contributed by atoms with E-state index in [2.05, 4.69) is 6.92 Å². The molecule has 0 saturated carbocycles. The monoisotopic (exact) mass is 296 g/mol. The molecule has 0 saturated heterocycles. The standard InChI is InChI=1S/C19H20O3/c1-3-4-15-5-7-17(8-6-15)19(21)13-22-18-11-9-16(10-12-18)14(2)20/h5-12H,3-4,13H2,1-2H3. The summed E-state index contributed by atoms with van der Waals surface area (Å²) in [5.41, 5.74) is 2.52. The highest BCUT2D eigenvalue weighted by molar-refractivity contribution is 5.97. The number of rotatable bonds is 7. The van der Waals surface area contributed by atoms with Gasteiger partial charge in [0.15, 0.2) is 18.2 Å². The minimum Gasteiger partial charge on any atom is -0.485 e. The van der Waals surface area contributed by atoms with Crippen LogP contribution in [0.4, 0.5) is 0 Å². The van der Waals surface area contributed by atoms with Crippen LogP contribution in [0.3, 0.4) is 0 Å². The molecule has 2 aromatic carbocycles. The summed E-state index contributed by atoms with van der Waals surface area (Å²) in [5, 5.41) is 0. The topological polar surface area (TPSA) is 43.4 Å². The fourth-order valence-corrected chi connectivity index (χ4v) is 2.16. The Bertz CT molecular complexity index is 639. The number of carbonyl (C=O) groups excluding carboxylic acids is 2. The highest BCUT2D eigenvalue weighted by Gasteiger charge is 2.07. The Balaban J connectivity index is 1.93. The third-order valence-corrected chi connectivity index (χ3v) is 3.45. The molecule has 114 valence electrons. The van der Waals surface area contributed by atoms with Gasteiger partial charge in [-0.15, -0.1) is 0 Å². The zero-order valence-corrected chi connectivity index (χ0v) is 13.0. The molecule has 22 heavy (non-hydrogen) atoms. The van der Waals surface area contributed by atoms with Crippen molar-refractivity contribution in [1.82, 2.24) is 0 Å². The Labute approximate surface area is 130 Å². The summed E-state index contributed by atoms with van der Waals surface area (Å²) < 4.78 is 5.47. The summed E-state index contributed by atoms with van der Waals surface area (Å²) in [6, 6.07) is 14.5. The quantitative estimate of drug-likeness (QED) is 0.722. The van der Waals surface area contributed by atoms with E-state index < -0.39 is 0 Å². The molecule has 0 amide bonds. The van der Waals surface area contributed by atoms with Gasteiger partial charge in [0.05, 0.1) is 0 Å². The lowest BCUT2D eigenvalue weighted by Gasteiger charge is -2.07. The van der Waals surface area contributed by atoms with E-state index in [-0.39, 0.29) is 18.2 Å². The smallest absolute Gasteiger partial charge is 0.200 e. The molecule has 2 aromatic rings. The van der Waals surface area contributed by atoms with Crippen molar-refractivity contribution in [2.24, 2.45) is 0 Å². The predicted octanol–water partition coefficient (Wildman–Crippen LogP) is 4.10. The fraction of sp³-hybridized carbons (Fsp3) is 0.263. The van der Waals surface area contributed by atoms with Gasteiger partial charge in [0.1, 0.15) is 5.75 Å². The number of ketones is 2. The van der Waals surface area contributed by atoms with Crippen molar-refractivity contribution in [1.29, 1.82) is 0 Å². The molecule has 2 rings (SSSR count). The van der Waals surface area contributed by atoms with E-state index in [1.807, 2.05) is 24.3 Å². The Kier molecular flexibility index (Phi) is 5.48. The Morgan fingerprint density at radius 2 is 1.50 bits per heavy atom. The normalized spacial score (nSPS) is 10.3. The first-order valence-electron chi connectivity index (χ1n) is 7.46. The SMILES string of the molecule is CCCc1ccc(C(=O)COc2ccc(C(C)=O)cc2)cc1. The average Bonchev–Trinajstić information content (AvgIpc) is 2.54. The molecule has 0 unspecified atom stereocenters. The predicted molar refractivity (Wildman–Crippen MR) is 86.7 cm³/mol. The molecule has 0 atom stereocenters. The van der Waals surface area contributed by atoms with E-state index in [1.165, 1.54) is 12.5 Å². The van der Waals surface area contributed by atoms with Crippen molar-refractivity contribution in [3.63, 3.8) is 0 Å². The van der Waals surface area contributed by atoms with Crippen molar-refractivity contribution in [3.8, 4) is 5.75 Å². The average molecular weight is 296 g/mol. The Morgan fingerprint density at radius 3 is 2.05 bits per heavy atom. The van der Waals surface area contributed by atoms with Crippen LogP contribution in [0.1, 0.15) is 46.5 Å². The minimum atomic E-state index is -0.0568. The molecule has 0 fully saturated rings. The first-order chi connectivity index (χ1) is 10.6. The lowest BCUT2D eigenvalue weighted by atomic mass is 10.1. The third kappa shape index (κ3) is 4.29. The zero-order chi connectivity index (χ0) is 15.9. The van der Waals surface area contributed by atoms with Crippen LogP contribution < -0.4 is 4.74 Å². The van der Waals surface area contributed by atoms with Gasteiger partial charge in [-0.25, -0.2) is 0 Å². The molecule has 0 bridgehead atoms. The van der Waals surface area contributed by atoms with Crippen molar-refractivity contribution >= 4 is 11.6 Å². The van der Waals surface area contributed by atoms with Gasteiger partial charge in [-0.2, -0.15) is 0 Å². The van der Waals surface area contributed by atoms with E-state index in [0.29, 0.717) is 16.9 Å². The minimum absolute atomic E-state index is 0.00740. The molecule has 0 aliphatic carbocycles. The van der Waals surface area contributed by atoms with E-state index in [4.69, 9.17) is 4.74 Å². The maximum atomic E-state index is 12.1. The highest BCUT2D eigenvalue weighted by Crippen LogP contribution is 2.14. The van der Waals surface area contributed by atoms with Gasteiger partial charge in [0.25, 0.3) is 0 Å². The first kappa shape index (κ1) is 16.0. The zero-order valence-electron chi connectivity index (χ0n) is 13.0. The van der Waals surface area contributed by atoms with Crippen LogP contribution in [-0.2, 0) is 6.42 Å². The van der Waals surface area contributed by atoms with Gasteiger partial charge < -0.3 is 4.74 Å². The molecule has 0 spiro atoms. The summed E-state index contributed by atoms with van der Waals surface area (Å²) >= 11 is 0. The van der Waals surface area contributed by atoms with Crippen molar-refractivity contribution in [3.05, 3.63) is 65.2 Å². The largest absolute Gasteiger partial charge is 0.485 e. The van der Waals surface area contributed by atoms with Crippen LogP contribution >= 0.6 is 0 Å². The summed E-state index contributed by atoms with van der Waals surface area (Å²) in [6.07, 6.45) is 2.11. The number of carbonyl (C=O) groups is 2. The Hall–Kier alpha value is -2.42. The molecular weight excluding hydrogens is 276 g/mol. The maximum Gasteiger partial charge on any atom is 0.200 e. The van der Waals surface area contributed by atoms with Crippen LogP contribution in [-0.4, -0.2) is 18.2 Å². The molecule has 0 heterocycles. The lowest BCUT2D eigenvalue weighted by Crippen LogP contribution is -2.11. The van der Waals surface area contributed by atoms with Crippen LogP contribution in [0.15, 0.2) is 48.5 Å². The third-order valence-electron chi connectivity index (χ3n) is 3.45. The molecule has 0 radical (unpaired) electrons. The van der Waals surface area contributed by atoms with E-state index in [9.17, 15) is 9.59 Å². The van der Waals surface area contributed by atoms with E-state index >= 15 is 0 Å². The van der Waals surface area contributed by atoms with E-state index in [0.717, 1.165) is 12.8 Å². The second-order valence-corrected chi connectivity index (χ2v) is 5.24. The fourth-order valence-electron chi connectivity index (χ4n) is 2.16. The Morgan fingerprint density at radius 1 is 0.909 bits per heavy atom. The van der Waals surface area contributed by atoms with Gasteiger partial charge in [-0.1, -0.05) is 37.6 Å². The number of hydrogen-bond donors (Lipinski definition) is 0. The van der Waals surface area contributed by atoms with Crippen molar-refractivity contribution < 1.29 is 14.3 Å². The molecule has 3 heteroatoms. The number of benzene rings is 2. The summed E-state index contributed by atoms with van der Waals surface area (Å²) in [4.78, 5) is 23.3. The maximum absolute atomic E-state index is 12.1. The number of Topliss-reactive ketones (excluding diaryl/α,β-unsaturated/α-hetero) is 2. The van der Waals surface area contributed by atoms with Gasteiger partial charge >= 0.3 is 0 Å². The second-order valence-electron chi connectivity index (χ2n) is 5.24. The lowest BCUT2D eigenvalue weighted by molar-refractivity contribution is 0.0920. The van der Waals surface area contributed by atoms with Crippen molar-refractivity contribution in [2.45, 2.75) is 26.7 Å². The molecule has 3 nitrogen and oxygen atoms in total. The highest BCUT2D eigenvalue weighted by atomic mass is 16.5. The summed E-state index contributed by atoms with van der Waals surface area (Å²) in [7, 11) is 0. The molecule has 0 aliphatic heterocycles. The first-order valence-corrected chi connectivity index (χ1v) is 7.46. The molecule has 0 aromatic heterocycles.